The van der Waals surface area contributed by atoms with Crippen molar-refractivity contribution in [3.05, 3.63) is 0 Å². The fourth-order valence-electron chi connectivity index (χ4n) is 1.33. The molecule has 0 aromatic rings. The second-order valence-electron chi connectivity index (χ2n) is 4.08. The molecule has 0 aromatic heterocycles. The van der Waals surface area contributed by atoms with Crippen LogP contribution >= 0.6 is 11.8 Å². The van der Waals surface area contributed by atoms with Gasteiger partial charge in [0.25, 0.3) is 0 Å². The number of amidine groups is 1. The number of thioether (sulfide) groups is 1. The van der Waals surface area contributed by atoms with E-state index >= 15 is 0 Å². The highest BCUT2D eigenvalue weighted by atomic mass is 32.2. The molecule has 17 heavy (non-hydrogen) atoms. The minimum absolute atomic E-state index is 0.0457. The number of hydrogen-bond acceptors (Lipinski definition) is 5. The number of carbonyl (C=O) groups excluding carboxylic acids is 1. The van der Waals surface area contributed by atoms with Crippen molar-refractivity contribution in [3.8, 4) is 0 Å². The summed E-state index contributed by atoms with van der Waals surface area (Å²) in [6, 6.07) is 0. The monoisotopic (exact) mass is 259 g/mol. The van der Waals surface area contributed by atoms with Crippen molar-refractivity contribution < 1.29 is 9.53 Å². The fraction of sp³-hybridized carbons (Fsp3) is 0.818. The largest absolute Gasteiger partial charge is 0.383 e. The van der Waals surface area contributed by atoms with Crippen molar-refractivity contribution in [2.75, 3.05) is 39.1 Å². The smallest absolute Gasteiger partial charge is 0.221 e. The molecule has 0 aliphatic carbocycles. The lowest BCUT2D eigenvalue weighted by Crippen LogP contribution is -2.32. The molecule has 0 radical (unpaired) electrons. The Bertz CT molecular complexity index is 271. The van der Waals surface area contributed by atoms with Gasteiger partial charge in [0, 0.05) is 38.9 Å². The molecule has 0 fully saturated rings. The van der Waals surface area contributed by atoms with Crippen LogP contribution in [0.25, 0.3) is 0 Å². The summed E-state index contributed by atoms with van der Waals surface area (Å²) in [6.45, 7) is 4.84. The summed E-state index contributed by atoms with van der Waals surface area (Å²) < 4.78 is 4.85. The molecule has 1 aliphatic heterocycles. The van der Waals surface area contributed by atoms with Gasteiger partial charge in [0.05, 0.1) is 6.61 Å². The third kappa shape index (κ3) is 6.53. The first-order valence-electron chi connectivity index (χ1n) is 5.89. The molecular formula is C11H21N3O2S. The Labute approximate surface area is 107 Å². The van der Waals surface area contributed by atoms with Crippen LogP contribution in [-0.2, 0) is 9.53 Å². The summed E-state index contributed by atoms with van der Waals surface area (Å²) in [5.74, 6) is 1.80. The molecule has 1 aliphatic rings. The molecule has 0 bridgehead atoms. The zero-order valence-electron chi connectivity index (χ0n) is 10.5. The van der Waals surface area contributed by atoms with E-state index < -0.39 is 0 Å². The molecule has 0 aromatic carbocycles. The minimum Gasteiger partial charge on any atom is -0.383 e. The van der Waals surface area contributed by atoms with Crippen molar-refractivity contribution in [1.82, 2.24) is 10.6 Å². The standard InChI is InChI=1S/C11H21N3O2S/c1-9-7-14-11(17-8-9)13-4-3-10(15)12-5-6-16-2/h9H,3-8H2,1-2H3,(H,12,15)(H,13,14). The first kappa shape index (κ1) is 14.3. The van der Waals surface area contributed by atoms with Gasteiger partial charge in [0.1, 0.15) is 0 Å². The molecule has 0 saturated carbocycles. The van der Waals surface area contributed by atoms with Crippen LogP contribution in [0.3, 0.4) is 0 Å². The third-order valence-corrected chi connectivity index (χ3v) is 3.59. The van der Waals surface area contributed by atoms with E-state index in [-0.39, 0.29) is 5.91 Å². The molecule has 5 nitrogen and oxygen atoms in total. The number of ether oxygens (including phenoxy) is 1. The second kappa shape index (κ2) is 8.36. The zero-order chi connectivity index (χ0) is 12.5. The van der Waals surface area contributed by atoms with Gasteiger partial charge in [-0.1, -0.05) is 18.7 Å². The van der Waals surface area contributed by atoms with Gasteiger partial charge in [0.2, 0.25) is 5.91 Å². The quantitative estimate of drug-likeness (QED) is 0.681. The van der Waals surface area contributed by atoms with Gasteiger partial charge in [-0.3, -0.25) is 9.79 Å². The van der Waals surface area contributed by atoms with Crippen LogP contribution in [-0.4, -0.2) is 50.2 Å². The van der Waals surface area contributed by atoms with E-state index in [2.05, 4.69) is 22.5 Å². The minimum atomic E-state index is 0.0457. The van der Waals surface area contributed by atoms with E-state index in [0.717, 1.165) is 17.5 Å². The van der Waals surface area contributed by atoms with E-state index in [4.69, 9.17) is 4.74 Å². The fourth-order valence-corrected chi connectivity index (χ4v) is 2.25. The van der Waals surface area contributed by atoms with Crippen molar-refractivity contribution in [1.29, 1.82) is 0 Å². The van der Waals surface area contributed by atoms with E-state index in [9.17, 15) is 4.79 Å². The van der Waals surface area contributed by atoms with Gasteiger partial charge in [-0.05, 0) is 5.92 Å². The Morgan fingerprint density at radius 1 is 1.59 bits per heavy atom. The molecule has 1 unspecified atom stereocenters. The van der Waals surface area contributed by atoms with Crippen LogP contribution < -0.4 is 10.6 Å². The highest BCUT2D eigenvalue weighted by Crippen LogP contribution is 2.15. The number of nitrogens with zero attached hydrogens (tertiary/aromatic N) is 1. The Hall–Kier alpha value is -0.750. The molecule has 6 heteroatoms. The van der Waals surface area contributed by atoms with Crippen LogP contribution in [0.2, 0.25) is 0 Å². The number of rotatable bonds is 6. The first-order chi connectivity index (χ1) is 8.22. The van der Waals surface area contributed by atoms with Gasteiger partial charge < -0.3 is 15.4 Å². The summed E-state index contributed by atoms with van der Waals surface area (Å²) >= 11 is 1.73. The van der Waals surface area contributed by atoms with E-state index in [1.165, 1.54) is 0 Å². The molecule has 1 atom stereocenters. The maximum Gasteiger partial charge on any atom is 0.221 e. The first-order valence-corrected chi connectivity index (χ1v) is 6.87. The van der Waals surface area contributed by atoms with Gasteiger partial charge in [-0.2, -0.15) is 0 Å². The van der Waals surface area contributed by atoms with Crippen molar-refractivity contribution >= 4 is 22.8 Å². The van der Waals surface area contributed by atoms with Gasteiger partial charge in [-0.25, -0.2) is 0 Å². The Kier molecular flexibility index (Phi) is 7.04. The van der Waals surface area contributed by atoms with E-state index in [1.54, 1.807) is 18.9 Å². The molecule has 1 amide bonds. The summed E-state index contributed by atoms with van der Waals surface area (Å²) in [5, 5.41) is 6.93. The average molecular weight is 259 g/mol. The maximum atomic E-state index is 11.4. The molecule has 0 saturated heterocycles. The number of amides is 1. The second-order valence-corrected chi connectivity index (χ2v) is 5.09. The molecule has 98 valence electrons. The van der Waals surface area contributed by atoms with Crippen LogP contribution in [0.15, 0.2) is 4.99 Å². The lowest BCUT2D eigenvalue weighted by molar-refractivity contribution is -0.121. The number of methoxy groups -OCH3 is 1. The molecular weight excluding hydrogens is 238 g/mol. The summed E-state index contributed by atoms with van der Waals surface area (Å²) in [4.78, 5) is 15.8. The summed E-state index contributed by atoms with van der Waals surface area (Å²) in [6.07, 6.45) is 0.471. The van der Waals surface area contributed by atoms with Gasteiger partial charge in [0.15, 0.2) is 5.17 Å². The van der Waals surface area contributed by atoms with Crippen molar-refractivity contribution in [2.45, 2.75) is 13.3 Å². The number of aliphatic imine (C=N–C) groups is 1. The number of hydrogen-bond donors (Lipinski definition) is 2. The number of carbonyl (C=O) groups is 1. The maximum absolute atomic E-state index is 11.4. The van der Waals surface area contributed by atoms with Crippen molar-refractivity contribution in [3.63, 3.8) is 0 Å². The Morgan fingerprint density at radius 2 is 2.41 bits per heavy atom. The molecule has 1 heterocycles. The van der Waals surface area contributed by atoms with Crippen LogP contribution in [0.1, 0.15) is 13.3 Å². The van der Waals surface area contributed by atoms with E-state index in [1.807, 2.05) is 0 Å². The average Bonchev–Trinajstić information content (AvgIpc) is 2.32. The lowest BCUT2D eigenvalue weighted by Gasteiger charge is -2.17. The van der Waals surface area contributed by atoms with Gasteiger partial charge >= 0.3 is 0 Å². The predicted octanol–water partition coefficient (Wildman–Crippen LogP) is 0.468. The SMILES string of the molecule is COCCNC(=O)CCNC1=NCC(C)CS1. The summed E-state index contributed by atoms with van der Waals surface area (Å²) in [7, 11) is 1.62. The topological polar surface area (TPSA) is 62.7 Å². The normalized spacial score (nSPS) is 19.6. The highest BCUT2D eigenvalue weighted by molar-refractivity contribution is 8.13. The third-order valence-electron chi connectivity index (χ3n) is 2.31. The van der Waals surface area contributed by atoms with Crippen LogP contribution in [0, 0.1) is 5.92 Å². The predicted molar refractivity (Wildman–Crippen MR) is 71.4 cm³/mol. The molecule has 2 N–H and O–H groups in total. The Morgan fingerprint density at radius 3 is 3.06 bits per heavy atom. The molecule has 0 spiro atoms. The lowest BCUT2D eigenvalue weighted by atomic mass is 10.2. The van der Waals surface area contributed by atoms with E-state index in [0.29, 0.717) is 32.0 Å². The van der Waals surface area contributed by atoms with Gasteiger partial charge in [-0.15, -0.1) is 0 Å². The Balaban J connectivity index is 2.05. The number of nitrogens with one attached hydrogen (secondary N) is 2. The van der Waals surface area contributed by atoms with Crippen LogP contribution in [0.5, 0.6) is 0 Å². The molecule has 1 rings (SSSR count). The van der Waals surface area contributed by atoms with Crippen molar-refractivity contribution in [2.24, 2.45) is 10.9 Å². The zero-order valence-corrected chi connectivity index (χ0v) is 11.3. The highest BCUT2D eigenvalue weighted by Gasteiger charge is 2.11. The summed E-state index contributed by atoms with van der Waals surface area (Å²) in [5.41, 5.74) is 0. The van der Waals surface area contributed by atoms with Crippen LogP contribution in [0.4, 0.5) is 0 Å².